The molecule has 2 aromatic heterocycles. The van der Waals surface area contributed by atoms with E-state index in [-0.39, 0.29) is 10.8 Å². The fourth-order valence-electron chi connectivity index (χ4n) is 8.92. The third-order valence-corrected chi connectivity index (χ3v) is 13.6. The Balaban J connectivity index is 1.40. The Morgan fingerprint density at radius 3 is 0.952 bits per heavy atom. The van der Waals surface area contributed by atoms with Crippen LogP contribution in [0.15, 0.2) is 89.6 Å². The smallest absolute Gasteiger partial charge is 0.390 e. The van der Waals surface area contributed by atoms with E-state index in [9.17, 15) is 0 Å². The minimum Gasteiger partial charge on any atom is -0.390 e. The first kappa shape index (κ1) is 43.4. The predicted molar refractivity (Wildman–Crippen MR) is 261 cm³/mol. The summed E-state index contributed by atoms with van der Waals surface area (Å²) in [5.74, 6) is 1.33. The Morgan fingerprint density at radius 2 is 0.613 bits per heavy atom. The molecule has 62 heavy (non-hydrogen) atoms. The predicted octanol–water partition coefficient (Wildman–Crippen LogP) is 17.9. The monoisotopic (exact) mass is 866 g/mol. The van der Waals surface area contributed by atoms with Crippen molar-refractivity contribution in [2.75, 3.05) is 0 Å². The van der Waals surface area contributed by atoms with Crippen LogP contribution in [0.5, 0.6) is 11.5 Å². The minimum atomic E-state index is -2.03. The third kappa shape index (κ3) is 8.21. The van der Waals surface area contributed by atoms with E-state index in [1.54, 1.807) is 0 Å². The van der Waals surface area contributed by atoms with Crippen molar-refractivity contribution in [2.45, 2.75) is 122 Å². The van der Waals surface area contributed by atoms with Crippen molar-refractivity contribution < 1.29 is 25.8 Å². The van der Waals surface area contributed by atoms with Crippen molar-refractivity contribution >= 4 is 60.4 Å². The van der Waals surface area contributed by atoms with Crippen LogP contribution in [0.3, 0.4) is 0 Å². The molecule has 0 N–H and O–H groups in total. The van der Waals surface area contributed by atoms with Crippen molar-refractivity contribution in [3.63, 3.8) is 0 Å². The molecule has 0 radical (unpaired) electrons. The molecule has 8 heteroatoms. The number of hydrogen-bond donors (Lipinski definition) is 0. The van der Waals surface area contributed by atoms with Crippen LogP contribution in [0.25, 0.3) is 55.0 Å². The highest BCUT2D eigenvalue weighted by Crippen LogP contribution is 2.50. The van der Waals surface area contributed by atoms with Gasteiger partial charge in [0.05, 0.1) is 0 Å². The molecule has 0 saturated carbocycles. The number of rotatable bonds is 5. The normalized spacial score (nSPS) is 12.2. The Kier molecular flexibility index (Phi) is 11.1. The van der Waals surface area contributed by atoms with Gasteiger partial charge in [0.25, 0.3) is 0 Å². The highest BCUT2D eigenvalue weighted by molar-refractivity contribution is 7.32. The standard InChI is InChI=1S/C54H60O6P2/c1-29-17-35(7)47-39(21-29)40-22-30(2)18-36(8)48(40)56-61(55-47)57-49-37(9)19-31(3)23-41(49)42-24-32(4)20-38(10)50(42)58-62-59-51-43(25-33(5)27-45(51)53(11,12)13)44-26-34(6)28-46(52(44)60-62)54(14,15)16/h17-28H,1-16H3. The van der Waals surface area contributed by atoms with Gasteiger partial charge < -0.3 is 25.8 Å². The lowest BCUT2D eigenvalue weighted by Gasteiger charge is -2.21. The zero-order valence-electron chi connectivity index (χ0n) is 39.3. The second kappa shape index (κ2) is 15.8. The summed E-state index contributed by atoms with van der Waals surface area (Å²) in [6.07, 6.45) is 0. The molecule has 6 aromatic carbocycles. The number of fused-ring (bicyclic) bond motifs is 6. The lowest BCUT2D eigenvalue weighted by molar-refractivity contribution is 0.485. The Morgan fingerprint density at radius 1 is 0.339 bits per heavy atom. The zero-order chi connectivity index (χ0) is 44.7. The Bertz CT molecular complexity index is 3050. The quantitative estimate of drug-likeness (QED) is 0.172. The van der Waals surface area contributed by atoms with Gasteiger partial charge >= 0.3 is 16.5 Å². The molecule has 0 spiro atoms. The molecule has 0 aliphatic heterocycles. The first-order valence-electron chi connectivity index (χ1n) is 21.5. The average Bonchev–Trinajstić information content (AvgIpc) is 3.40. The molecule has 2 heterocycles. The lowest BCUT2D eigenvalue weighted by atomic mass is 9.83. The molecule has 8 aromatic rings. The number of benzene rings is 6. The van der Waals surface area contributed by atoms with Gasteiger partial charge in [-0.3, -0.25) is 0 Å². The Labute approximate surface area is 368 Å². The molecule has 0 amide bonds. The van der Waals surface area contributed by atoms with Crippen LogP contribution in [0.1, 0.15) is 108 Å². The summed E-state index contributed by atoms with van der Waals surface area (Å²) >= 11 is 0. The van der Waals surface area contributed by atoms with Gasteiger partial charge in [-0.1, -0.05) is 77.9 Å². The van der Waals surface area contributed by atoms with Crippen LogP contribution in [0.4, 0.5) is 0 Å². The molecule has 0 aliphatic carbocycles. The van der Waals surface area contributed by atoms with E-state index in [2.05, 4.69) is 184 Å². The molecule has 0 aliphatic rings. The third-order valence-electron chi connectivity index (χ3n) is 11.6. The maximum absolute atomic E-state index is 7.22. The SMILES string of the molecule is Cc1cc(C)c(Op2oc3c(C)cc(C)cc3c3cc(C)cc(C)c3o2)c(-c2cc(C)cc(C)c2Op2oc3c(C(C)(C)C)cc(C)cc3c3cc(C)cc(C(C)(C)C)c3o2)c1. The fraction of sp³-hybridized carbons (Fsp3) is 0.333. The molecular weight excluding hydrogens is 807 g/mol. The second-order valence-electron chi connectivity index (χ2n) is 19.7. The topological polar surface area (TPSA) is 71.0 Å². The second-order valence-corrected chi connectivity index (χ2v) is 21.7. The highest BCUT2D eigenvalue weighted by Gasteiger charge is 2.27. The summed E-state index contributed by atoms with van der Waals surface area (Å²) in [6.45, 7) is 34.5. The van der Waals surface area contributed by atoms with E-state index in [1.165, 1.54) is 11.1 Å². The van der Waals surface area contributed by atoms with Gasteiger partial charge in [0.1, 0.15) is 33.8 Å². The molecule has 0 atom stereocenters. The summed E-state index contributed by atoms with van der Waals surface area (Å²) in [7, 11) is -3.98. The van der Waals surface area contributed by atoms with Crippen molar-refractivity contribution in [1.29, 1.82) is 0 Å². The summed E-state index contributed by atoms with van der Waals surface area (Å²) in [5.41, 5.74) is 17.4. The Hall–Kier alpha value is -5.28. The minimum absolute atomic E-state index is 0.214. The van der Waals surface area contributed by atoms with Crippen LogP contribution in [-0.2, 0) is 10.8 Å². The van der Waals surface area contributed by atoms with E-state index >= 15 is 0 Å². The molecule has 0 saturated heterocycles. The van der Waals surface area contributed by atoms with Crippen molar-refractivity contribution in [3.8, 4) is 22.6 Å². The van der Waals surface area contributed by atoms with Crippen LogP contribution in [0, 0.1) is 69.2 Å². The molecule has 322 valence electrons. The summed E-state index contributed by atoms with van der Waals surface area (Å²) in [5, 5.41) is 4.05. The first-order valence-corrected chi connectivity index (χ1v) is 23.7. The van der Waals surface area contributed by atoms with E-state index < -0.39 is 16.5 Å². The molecule has 6 nitrogen and oxygen atoms in total. The van der Waals surface area contributed by atoms with Crippen LogP contribution >= 0.6 is 16.5 Å². The fourth-order valence-corrected chi connectivity index (χ4v) is 11.4. The van der Waals surface area contributed by atoms with Crippen LogP contribution in [-0.4, -0.2) is 0 Å². The van der Waals surface area contributed by atoms with Gasteiger partial charge in [-0.2, -0.15) is 0 Å². The highest BCUT2D eigenvalue weighted by atomic mass is 31.1. The molecule has 8 rings (SSSR count). The van der Waals surface area contributed by atoms with E-state index in [1.807, 2.05) is 0 Å². The van der Waals surface area contributed by atoms with Gasteiger partial charge in [-0.15, -0.1) is 0 Å². The van der Waals surface area contributed by atoms with Crippen molar-refractivity contribution in [1.82, 2.24) is 0 Å². The van der Waals surface area contributed by atoms with Gasteiger partial charge in [0.2, 0.25) is 0 Å². The summed E-state index contributed by atoms with van der Waals surface area (Å²) in [4.78, 5) is 0. The van der Waals surface area contributed by atoms with Gasteiger partial charge in [0.15, 0.2) is 0 Å². The van der Waals surface area contributed by atoms with Crippen LogP contribution in [0.2, 0.25) is 0 Å². The molecule has 0 unspecified atom stereocenters. The van der Waals surface area contributed by atoms with Crippen LogP contribution < -0.4 is 9.05 Å². The summed E-state index contributed by atoms with van der Waals surface area (Å²) in [6, 6.07) is 26.2. The van der Waals surface area contributed by atoms with Gasteiger partial charge in [0, 0.05) is 43.8 Å². The van der Waals surface area contributed by atoms with E-state index in [0.717, 1.165) is 111 Å². The summed E-state index contributed by atoms with van der Waals surface area (Å²) < 4.78 is 42.2. The van der Waals surface area contributed by atoms with Crippen molar-refractivity contribution in [3.05, 3.63) is 140 Å². The average molecular weight is 867 g/mol. The van der Waals surface area contributed by atoms with Gasteiger partial charge in [-0.05, 0) is 172 Å². The molecular formula is C54H60O6P2. The lowest BCUT2D eigenvalue weighted by Crippen LogP contribution is -2.12. The van der Waals surface area contributed by atoms with Crippen molar-refractivity contribution in [2.24, 2.45) is 0 Å². The van der Waals surface area contributed by atoms with E-state index in [4.69, 9.17) is 25.8 Å². The number of aryl methyl sites for hydroxylation is 10. The first-order chi connectivity index (χ1) is 29.0. The largest absolute Gasteiger partial charge is 0.453 e. The maximum atomic E-state index is 7.22. The maximum Gasteiger partial charge on any atom is 0.453 e. The zero-order valence-corrected chi connectivity index (χ0v) is 41.1. The van der Waals surface area contributed by atoms with E-state index in [0.29, 0.717) is 11.5 Å². The molecule has 0 bridgehead atoms. The van der Waals surface area contributed by atoms with Gasteiger partial charge in [-0.25, -0.2) is 0 Å². The number of hydrogen-bond acceptors (Lipinski definition) is 6. The molecule has 0 fully saturated rings.